The van der Waals surface area contributed by atoms with Gasteiger partial charge in [0.1, 0.15) is 0 Å². The molecule has 0 radical (unpaired) electrons. The minimum absolute atomic E-state index is 0.937. The number of likely N-dealkylation sites (tertiary alicyclic amines) is 1. The predicted molar refractivity (Wildman–Crippen MR) is 75.0 cm³/mol. The van der Waals surface area contributed by atoms with E-state index in [4.69, 9.17) is 4.74 Å². The number of halogens is 4. The second kappa shape index (κ2) is 9.89. The lowest BCUT2D eigenvalue weighted by molar-refractivity contribution is -0.935. The van der Waals surface area contributed by atoms with Crippen molar-refractivity contribution in [2.45, 2.75) is 46.0 Å². The van der Waals surface area contributed by atoms with Crippen molar-refractivity contribution in [2.75, 3.05) is 33.0 Å². The Kier molecular flexibility index (Phi) is 9.92. The zero-order chi connectivity index (χ0) is 14.8. The van der Waals surface area contributed by atoms with Gasteiger partial charge in [0.15, 0.2) is 6.73 Å². The maximum absolute atomic E-state index is 10.2. The first kappa shape index (κ1) is 19.1. The third kappa shape index (κ3) is 11.6. The molecule has 1 fully saturated rings. The topological polar surface area (TPSA) is 9.23 Å². The van der Waals surface area contributed by atoms with Crippen LogP contribution in [0.4, 0.5) is 12.9 Å². The van der Waals surface area contributed by atoms with Crippen LogP contribution in [0.25, 0.3) is 0 Å². The Labute approximate surface area is 119 Å². The molecule has 0 atom stereocenters. The Morgan fingerprint density at radius 2 is 1.63 bits per heavy atom. The molecule has 0 aromatic heterocycles. The summed E-state index contributed by atoms with van der Waals surface area (Å²) in [7, 11) is 0. The van der Waals surface area contributed by atoms with E-state index in [2.05, 4.69) is 25.3 Å². The highest BCUT2D eigenvalue weighted by Crippen LogP contribution is 2.20. The van der Waals surface area contributed by atoms with Gasteiger partial charge in [0.2, 0.25) is 0 Å². The summed E-state index contributed by atoms with van der Waals surface area (Å²) in [5, 5.41) is 0. The Morgan fingerprint density at radius 3 is 2.05 bits per heavy atom. The molecular formula is C12H26BClF3NO. The van der Waals surface area contributed by atoms with E-state index in [0.717, 1.165) is 19.8 Å². The summed E-state index contributed by atoms with van der Waals surface area (Å²) in [6, 6.07) is 0. The van der Waals surface area contributed by atoms with E-state index in [-0.39, 0.29) is 0 Å². The van der Waals surface area contributed by atoms with Crippen molar-refractivity contribution in [3.05, 3.63) is 0 Å². The van der Waals surface area contributed by atoms with Crippen LogP contribution in [0.15, 0.2) is 0 Å². The van der Waals surface area contributed by atoms with Crippen LogP contribution in [0, 0.1) is 0 Å². The number of hydrogen-bond donors (Lipinski definition) is 0. The van der Waals surface area contributed by atoms with E-state index in [1.165, 1.54) is 49.8 Å². The summed E-state index contributed by atoms with van der Waals surface area (Å²) < 4.78 is 37.5. The Morgan fingerprint density at radius 1 is 1.11 bits per heavy atom. The van der Waals surface area contributed by atoms with Crippen LogP contribution in [0.5, 0.6) is 0 Å². The SMILES string of the molecule is CCCC[N+]1(COCCC)CCCC1.F[B-](F)(F)Cl. The third-order valence-electron chi connectivity index (χ3n) is 3.21. The van der Waals surface area contributed by atoms with Gasteiger partial charge in [0.05, 0.1) is 26.2 Å². The van der Waals surface area contributed by atoms with Gasteiger partial charge in [0.25, 0.3) is 0 Å². The maximum Gasteiger partial charge on any atom is 0.576 e. The second-order valence-corrected chi connectivity index (χ2v) is 5.60. The maximum atomic E-state index is 10.2. The fourth-order valence-corrected chi connectivity index (χ4v) is 2.32. The van der Waals surface area contributed by atoms with Crippen molar-refractivity contribution in [1.29, 1.82) is 0 Å². The largest absolute Gasteiger partial charge is 0.576 e. The summed E-state index contributed by atoms with van der Waals surface area (Å²) >= 11 is 3.59. The van der Waals surface area contributed by atoms with E-state index in [1.54, 1.807) is 0 Å². The lowest BCUT2D eigenvalue weighted by atomic mass is 10.3. The van der Waals surface area contributed by atoms with Crippen molar-refractivity contribution in [3.63, 3.8) is 0 Å². The highest BCUT2D eigenvalue weighted by Gasteiger charge is 2.31. The molecule has 116 valence electrons. The van der Waals surface area contributed by atoms with Crippen LogP contribution in [-0.2, 0) is 4.74 Å². The van der Waals surface area contributed by atoms with Gasteiger partial charge in [0, 0.05) is 12.8 Å². The number of ether oxygens (including phenoxy) is 1. The number of hydrogen-bond acceptors (Lipinski definition) is 1. The normalized spacial score (nSPS) is 18.0. The van der Waals surface area contributed by atoms with E-state index < -0.39 is 6.39 Å². The molecule has 1 aliphatic rings. The molecule has 1 heterocycles. The molecule has 0 bridgehead atoms. The van der Waals surface area contributed by atoms with Crippen LogP contribution in [-0.4, -0.2) is 43.8 Å². The molecule has 0 aliphatic carbocycles. The molecule has 0 N–H and O–H groups in total. The standard InChI is InChI=1S/C12H26NO.BClF3/c1-3-5-8-13(9-6-7-10-13)12-14-11-4-2;2-1(3,4)5/h3-12H2,1-2H3;/q+1;-1. The van der Waals surface area contributed by atoms with Gasteiger partial charge in [-0.25, -0.2) is 0 Å². The third-order valence-corrected chi connectivity index (χ3v) is 3.21. The molecule has 0 unspecified atom stereocenters. The average molecular weight is 304 g/mol. The first-order chi connectivity index (χ1) is 8.83. The van der Waals surface area contributed by atoms with Gasteiger partial charge < -0.3 is 22.2 Å². The molecule has 19 heavy (non-hydrogen) atoms. The quantitative estimate of drug-likeness (QED) is 0.386. The van der Waals surface area contributed by atoms with Crippen molar-refractivity contribution < 1.29 is 22.2 Å². The van der Waals surface area contributed by atoms with Crippen LogP contribution in [0.3, 0.4) is 0 Å². The monoisotopic (exact) mass is 303 g/mol. The molecule has 1 aliphatic heterocycles. The zero-order valence-corrected chi connectivity index (χ0v) is 12.8. The fourth-order valence-electron chi connectivity index (χ4n) is 2.32. The number of rotatable bonds is 7. The van der Waals surface area contributed by atoms with Crippen molar-refractivity contribution in [1.82, 2.24) is 0 Å². The second-order valence-electron chi connectivity index (χ2n) is 5.11. The first-order valence-electron chi connectivity index (χ1n) is 7.13. The van der Waals surface area contributed by atoms with Crippen LogP contribution >= 0.6 is 11.5 Å². The smallest absolute Gasteiger partial charge is 0.435 e. The van der Waals surface area contributed by atoms with E-state index in [0.29, 0.717) is 0 Å². The van der Waals surface area contributed by atoms with Crippen molar-refractivity contribution >= 4 is 17.9 Å². The van der Waals surface area contributed by atoms with Crippen LogP contribution < -0.4 is 0 Å². The summed E-state index contributed by atoms with van der Waals surface area (Å²) in [5.74, 6) is 0. The number of unbranched alkanes of at least 4 members (excludes halogenated alkanes) is 1. The molecule has 1 saturated heterocycles. The predicted octanol–water partition coefficient (Wildman–Crippen LogP) is 4.35. The Hall–Kier alpha value is 0.0649. The van der Waals surface area contributed by atoms with Crippen molar-refractivity contribution in [3.8, 4) is 0 Å². The Balaban J connectivity index is 0.000000555. The Bertz CT molecular complexity index is 218. The first-order valence-corrected chi connectivity index (χ1v) is 7.57. The van der Waals surface area contributed by atoms with Crippen molar-refractivity contribution in [2.24, 2.45) is 0 Å². The zero-order valence-electron chi connectivity index (χ0n) is 12.0. The molecule has 0 aromatic rings. The van der Waals surface area contributed by atoms with Gasteiger partial charge in [-0.3, -0.25) is 11.5 Å². The van der Waals surface area contributed by atoms with Gasteiger partial charge in [-0.1, -0.05) is 20.3 Å². The minimum Gasteiger partial charge on any atom is -0.435 e. The number of nitrogens with zero attached hydrogens (tertiary/aromatic N) is 1. The van der Waals surface area contributed by atoms with Gasteiger partial charge in [-0.15, -0.1) is 0 Å². The summed E-state index contributed by atoms with van der Waals surface area (Å²) in [6.45, 7) is 10.4. The molecule has 7 heteroatoms. The molecule has 0 amide bonds. The minimum atomic E-state index is -5.03. The van der Waals surface area contributed by atoms with Crippen LogP contribution in [0.2, 0.25) is 0 Å². The summed E-state index contributed by atoms with van der Waals surface area (Å²) in [4.78, 5) is 0. The molecule has 1 rings (SSSR count). The molecule has 0 saturated carbocycles. The highest BCUT2D eigenvalue weighted by atomic mass is 35.5. The molecule has 0 spiro atoms. The fraction of sp³-hybridized carbons (Fsp3) is 1.00. The number of quaternary nitrogens is 1. The van der Waals surface area contributed by atoms with E-state index >= 15 is 0 Å². The highest BCUT2D eigenvalue weighted by molar-refractivity contribution is 7.08. The summed E-state index contributed by atoms with van der Waals surface area (Å²) in [5.41, 5.74) is 0. The van der Waals surface area contributed by atoms with E-state index in [9.17, 15) is 12.9 Å². The van der Waals surface area contributed by atoms with Crippen LogP contribution in [0.1, 0.15) is 46.0 Å². The molecule has 2 nitrogen and oxygen atoms in total. The average Bonchev–Trinajstić information content (AvgIpc) is 2.74. The molecule has 0 aromatic carbocycles. The van der Waals surface area contributed by atoms with Gasteiger partial charge in [-0.05, 0) is 12.8 Å². The summed E-state index contributed by atoms with van der Waals surface area (Å²) in [6.07, 6.45) is 1.59. The lowest BCUT2D eigenvalue weighted by Crippen LogP contribution is -2.47. The van der Waals surface area contributed by atoms with E-state index in [1.807, 2.05) is 0 Å². The van der Waals surface area contributed by atoms with Gasteiger partial charge >= 0.3 is 6.39 Å². The van der Waals surface area contributed by atoms with Gasteiger partial charge in [-0.2, -0.15) is 0 Å². The lowest BCUT2D eigenvalue weighted by Gasteiger charge is -2.33. The molecular weight excluding hydrogens is 277 g/mol.